The molecule has 1 aromatic heterocycles. The molecule has 0 amide bonds. The first-order valence-corrected chi connectivity index (χ1v) is 13.1. The first-order chi connectivity index (χ1) is 17.0. The number of unbranched alkanes of at least 4 members (excludes halogenated alkanes) is 7. The number of imidazole rings is 1. The second kappa shape index (κ2) is 13.9. The van der Waals surface area contributed by atoms with Crippen molar-refractivity contribution in [3.8, 4) is 11.5 Å². The van der Waals surface area contributed by atoms with Gasteiger partial charge in [-0.25, -0.2) is 4.98 Å². The summed E-state index contributed by atoms with van der Waals surface area (Å²) in [6, 6.07) is 15.9. The van der Waals surface area contributed by atoms with Crippen molar-refractivity contribution in [2.75, 3.05) is 6.61 Å². The fourth-order valence-electron chi connectivity index (χ4n) is 4.29. The summed E-state index contributed by atoms with van der Waals surface area (Å²) in [5, 5.41) is 11.5. The zero-order chi connectivity index (χ0) is 24.9. The van der Waals surface area contributed by atoms with E-state index in [-0.39, 0.29) is 0 Å². The summed E-state index contributed by atoms with van der Waals surface area (Å²) >= 11 is 0. The summed E-state index contributed by atoms with van der Waals surface area (Å²) in [6.45, 7) is 7.52. The van der Waals surface area contributed by atoms with E-state index in [0.29, 0.717) is 31.3 Å². The highest BCUT2D eigenvalue weighted by Gasteiger charge is 2.29. The largest absolute Gasteiger partial charge is 0.493 e. The molecule has 1 unspecified atom stereocenters. The molecule has 0 saturated carbocycles. The molecule has 0 saturated heterocycles. The summed E-state index contributed by atoms with van der Waals surface area (Å²) in [5.74, 6) is 2.29. The number of nitrogens with zero attached hydrogens (tertiary/aromatic N) is 2. The highest BCUT2D eigenvalue weighted by Crippen LogP contribution is 2.35. The highest BCUT2D eigenvalue weighted by atomic mass is 16.5. The van der Waals surface area contributed by atoms with Gasteiger partial charge in [-0.2, -0.15) is 0 Å². The molecule has 2 aromatic carbocycles. The highest BCUT2D eigenvalue weighted by molar-refractivity contribution is 5.43. The van der Waals surface area contributed by atoms with Crippen molar-refractivity contribution in [2.24, 2.45) is 0 Å². The molecule has 0 fully saturated rings. The number of rotatable bonds is 16. The van der Waals surface area contributed by atoms with Gasteiger partial charge in [-0.3, -0.25) is 0 Å². The number of aromatic nitrogens is 2. The number of aliphatic hydroxyl groups is 1. The maximum Gasteiger partial charge on any atom is 0.125 e. The lowest BCUT2D eigenvalue weighted by Gasteiger charge is -2.28. The van der Waals surface area contributed by atoms with E-state index in [9.17, 15) is 5.11 Å². The van der Waals surface area contributed by atoms with Crippen LogP contribution in [0.4, 0.5) is 0 Å². The first-order valence-electron chi connectivity index (χ1n) is 13.1. The first kappa shape index (κ1) is 26.8. The van der Waals surface area contributed by atoms with Crippen molar-refractivity contribution in [1.29, 1.82) is 0 Å². The fourth-order valence-corrected chi connectivity index (χ4v) is 4.29. The van der Waals surface area contributed by atoms with Crippen molar-refractivity contribution >= 4 is 0 Å². The average molecular weight is 479 g/mol. The van der Waals surface area contributed by atoms with Crippen LogP contribution < -0.4 is 9.47 Å². The van der Waals surface area contributed by atoms with Gasteiger partial charge in [0.1, 0.15) is 29.5 Å². The van der Waals surface area contributed by atoms with Gasteiger partial charge in [-0.05, 0) is 44.0 Å². The van der Waals surface area contributed by atoms with E-state index in [1.807, 2.05) is 73.1 Å². The minimum Gasteiger partial charge on any atom is -0.493 e. The van der Waals surface area contributed by atoms with Crippen molar-refractivity contribution in [3.05, 3.63) is 77.9 Å². The normalized spacial score (nSPS) is 12.9. The smallest absolute Gasteiger partial charge is 0.125 e. The average Bonchev–Trinajstić information content (AvgIpc) is 3.26. The molecule has 0 aliphatic rings. The lowest BCUT2D eigenvalue weighted by Crippen LogP contribution is -2.29. The van der Waals surface area contributed by atoms with Gasteiger partial charge in [-0.1, -0.05) is 82.2 Å². The Hall–Kier alpha value is -2.79. The molecule has 1 atom stereocenters. The fraction of sp³-hybridized carbons (Fsp3) is 0.500. The molecule has 1 N–H and O–H groups in total. The van der Waals surface area contributed by atoms with Crippen molar-refractivity contribution in [1.82, 2.24) is 9.55 Å². The third-order valence-electron chi connectivity index (χ3n) is 6.44. The van der Waals surface area contributed by atoms with E-state index in [0.717, 1.165) is 23.4 Å². The van der Waals surface area contributed by atoms with E-state index >= 15 is 0 Å². The van der Waals surface area contributed by atoms with E-state index in [2.05, 4.69) is 11.9 Å². The van der Waals surface area contributed by atoms with Crippen LogP contribution in [-0.4, -0.2) is 21.3 Å². The van der Waals surface area contributed by atoms with Gasteiger partial charge in [0.25, 0.3) is 0 Å². The number of benzene rings is 2. The van der Waals surface area contributed by atoms with Crippen LogP contribution in [0.3, 0.4) is 0 Å². The van der Waals surface area contributed by atoms with E-state index in [1.165, 1.54) is 44.9 Å². The zero-order valence-corrected chi connectivity index (χ0v) is 21.7. The van der Waals surface area contributed by atoms with Crippen LogP contribution in [0.15, 0.2) is 60.9 Å². The van der Waals surface area contributed by atoms with Crippen LogP contribution in [0.2, 0.25) is 0 Å². The van der Waals surface area contributed by atoms with Crippen LogP contribution in [-0.2, 0) is 18.8 Å². The van der Waals surface area contributed by atoms with Crippen LogP contribution in [0.1, 0.15) is 82.2 Å². The minimum atomic E-state index is -1.15. The molecule has 0 aliphatic heterocycles. The molecule has 190 valence electrons. The van der Waals surface area contributed by atoms with Crippen molar-refractivity contribution in [3.63, 3.8) is 0 Å². The predicted octanol–water partition coefficient (Wildman–Crippen LogP) is 7.20. The molecule has 0 aliphatic carbocycles. The van der Waals surface area contributed by atoms with Gasteiger partial charge in [0.2, 0.25) is 0 Å². The van der Waals surface area contributed by atoms with Gasteiger partial charge in [0.05, 0.1) is 13.2 Å². The number of hydrogen-bond acceptors (Lipinski definition) is 4. The van der Waals surface area contributed by atoms with E-state index in [4.69, 9.17) is 9.47 Å². The Labute approximate surface area is 211 Å². The third-order valence-corrected chi connectivity index (χ3v) is 6.44. The predicted molar refractivity (Wildman–Crippen MR) is 142 cm³/mol. The Morgan fingerprint density at radius 3 is 2.31 bits per heavy atom. The molecule has 3 rings (SSSR count). The molecule has 0 radical (unpaired) electrons. The molecule has 1 heterocycles. The van der Waals surface area contributed by atoms with Gasteiger partial charge < -0.3 is 19.1 Å². The van der Waals surface area contributed by atoms with Crippen molar-refractivity contribution in [2.45, 2.75) is 90.9 Å². The summed E-state index contributed by atoms with van der Waals surface area (Å²) in [4.78, 5) is 4.29. The quantitative estimate of drug-likeness (QED) is 0.221. The topological polar surface area (TPSA) is 56.5 Å². The Morgan fingerprint density at radius 2 is 1.63 bits per heavy atom. The Kier molecular flexibility index (Phi) is 10.7. The minimum absolute atomic E-state index is 0.384. The molecule has 3 aromatic rings. The van der Waals surface area contributed by atoms with Gasteiger partial charge in [0, 0.05) is 18.0 Å². The third kappa shape index (κ3) is 8.74. The lowest BCUT2D eigenvalue weighted by atomic mass is 9.94. The van der Waals surface area contributed by atoms with E-state index in [1.54, 1.807) is 6.20 Å². The van der Waals surface area contributed by atoms with Crippen LogP contribution >= 0.6 is 0 Å². The van der Waals surface area contributed by atoms with Gasteiger partial charge >= 0.3 is 0 Å². The standard InChI is InChI=1S/C30H42N2O3/c1-4-5-6-7-8-9-10-14-21-34-29-18-17-27(35-23-26-15-12-11-13-16-26)22-28(29)30(3,33)24-32-20-19-31-25(32)2/h11-13,15-20,22,33H,4-10,14,21,23-24H2,1-3H3. The Balaban J connectivity index is 1.64. The van der Waals surface area contributed by atoms with E-state index < -0.39 is 5.60 Å². The molecule has 5 heteroatoms. The Morgan fingerprint density at radius 1 is 0.914 bits per heavy atom. The Bertz CT molecular complexity index is 998. The maximum absolute atomic E-state index is 11.5. The van der Waals surface area contributed by atoms with Crippen LogP contribution in [0.25, 0.3) is 0 Å². The zero-order valence-electron chi connectivity index (χ0n) is 21.7. The van der Waals surface area contributed by atoms with Gasteiger partial charge in [0.15, 0.2) is 0 Å². The summed E-state index contributed by atoms with van der Waals surface area (Å²) < 4.78 is 14.2. The summed E-state index contributed by atoms with van der Waals surface area (Å²) in [7, 11) is 0. The number of hydrogen-bond donors (Lipinski definition) is 1. The monoisotopic (exact) mass is 478 g/mol. The summed E-state index contributed by atoms with van der Waals surface area (Å²) in [5.41, 5.74) is 0.687. The van der Waals surface area contributed by atoms with Crippen LogP contribution in [0, 0.1) is 6.92 Å². The molecular weight excluding hydrogens is 436 g/mol. The van der Waals surface area contributed by atoms with Crippen molar-refractivity contribution < 1.29 is 14.6 Å². The lowest BCUT2D eigenvalue weighted by molar-refractivity contribution is 0.0343. The number of ether oxygens (including phenoxy) is 2. The van der Waals surface area contributed by atoms with Crippen LogP contribution in [0.5, 0.6) is 11.5 Å². The second-order valence-electron chi connectivity index (χ2n) is 9.63. The number of aryl methyl sites for hydroxylation is 1. The molecule has 0 bridgehead atoms. The molecule has 0 spiro atoms. The summed E-state index contributed by atoms with van der Waals surface area (Å²) in [6.07, 6.45) is 13.7. The molecule has 35 heavy (non-hydrogen) atoms. The SMILES string of the molecule is CCCCCCCCCCOc1ccc(OCc2ccccc2)cc1C(C)(O)Cn1ccnc1C. The second-order valence-corrected chi connectivity index (χ2v) is 9.63. The molecule has 5 nitrogen and oxygen atoms in total. The molecular formula is C30H42N2O3. The maximum atomic E-state index is 11.5. The van der Waals surface area contributed by atoms with Gasteiger partial charge in [-0.15, -0.1) is 0 Å².